The zero-order valence-corrected chi connectivity index (χ0v) is 12.8. The van der Waals surface area contributed by atoms with Gasteiger partial charge in [0.25, 0.3) is 0 Å². The molecule has 0 bridgehead atoms. The van der Waals surface area contributed by atoms with Crippen molar-refractivity contribution in [3.63, 3.8) is 0 Å². The van der Waals surface area contributed by atoms with Crippen LogP contribution < -0.4 is 5.32 Å². The summed E-state index contributed by atoms with van der Waals surface area (Å²) in [5.41, 5.74) is 1.35. The van der Waals surface area contributed by atoms with Crippen LogP contribution in [0.3, 0.4) is 0 Å². The van der Waals surface area contributed by atoms with Gasteiger partial charge in [-0.3, -0.25) is 9.58 Å². The first-order valence-electron chi connectivity index (χ1n) is 7.49. The maximum Gasteiger partial charge on any atom is 0.0543 e. The molecular formula is C15H28N4. The Hall–Kier alpha value is -0.870. The van der Waals surface area contributed by atoms with Gasteiger partial charge in [0.15, 0.2) is 0 Å². The van der Waals surface area contributed by atoms with Gasteiger partial charge in [-0.25, -0.2) is 0 Å². The Labute approximate surface area is 117 Å². The Morgan fingerprint density at radius 1 is 1.42 bits per heavy atom. The fourth-order valence-corrected chi connectivity index (χ4v) is 2.74. The maximum absolute atomic E-state index is 4.44. The fraction of sp³-hybridized carbons (Fsp3) is 0.800. The van der Waals surface area contributed by atoms with Crippen molar-refractivity contribution in [1.29, 1.82) is 0 Å². The predicted molar refractivity (Wildman–Crippen MR) is 79.2 cm³/mol. The van der Waals surface area contributed by atoms with E-state index in [9.17, 15) is 0 Å². The number of nitrogens with zero attached hydrogens (tertiary/aromatic N) is 3. The second-order valence-corrected chi connectivity index (χ2v) is 6.52. The molecular weight excluding hydrogens is 236 g/mol. The van der Waals surface area contributed by atoms with Crippen molar-refractivity contribution in [3.05, 3.63) is 18.0 Å². The second kappa shape index (κ2) is 6.06. The highest BCUT2D eigenvalue weighted by Gasteiger charge is 2.22. The lowest BCUT2D eigenvalue weighted by atomic mass is 10.1. The normalized spacial score (nSPS) is 21.2. The van der Waals surface area contributed by atoms with Crippen LogP contribution in [0.1, 0.15) is 46.1 Å². The summed E-state index contributed by atoms with van der Waals surface area (Å²) in [4.78, 5) is 2.57. The Morgan fingerprint density at radius 3 is 2.84 bits per heavy atom. The molecule has 4 nitrogen and oxygen atoms in total. The third-order valence-corrected chi connectivity index (χ3v) is 3.94. The molecule has 1 aliphatic heterocycles. The maximum atomic E-state index is 4.44. The summed E-state index contributed by atoms with van der Waals surface area (Å²) in [7, 11) is 0. The van der Waals surface area contributed by atoms with Crippen LogP contribution in [0.4, 0.5) is 0 Å². The van der Waals surface area contributed by atoms with Gasteiger partial charge in [0.05, 0.1) is 11.7 Å². The lowest BCUT2D eigenvalue weighted by Crippen LogP contribution is -2.37. The SMILES string of the molecule is CCN1CCCC1CNCc1cnn(C(C)(C)C)c1. The molecule has 2 heterocycles. The topological polar surface area (TPSA) is 33.1 Å². The highest BCUT2D eigenvalue weighted by molar-refractivity contribution is 5.05. The molecule has 1 aromatic rings. The van der Waals surface area contributed by atoms with E-state index in [-0.39, 0.29) is 5.54 Å². The molecule has 1 N–H and O–H groups in total. The van der Waals surface area contributed by atoms with Crippen molar-refractivity contribution < 1.29 is 0 Å². The molecule has 1 atom stereocenters. The minimum absolute atomic E-state index is 0.0721. The van der Waals surface area contributed by atoms with Crippen LogP contribution >= 0.6 is 0 Å². The van der Waals surface area contributed by atoms with Crippen molar-refractivity contribution in [3.8, 4) is 0 Å². The van der Waals surface area contributed by atoms with E-state index < -0.39 is 0 Å². The summed E-state index contributed by atoms with van der Waals surface area (Å²) >= 11 is 0. The van der Waals surface area contributed by atoms with Crippen LogP contribution in [-0.2, 0) is 12.1 Å². The van der Waals surface area contributed by atoms with E-state index in [4.69, 9.17) is 0 Å². The smallest absolute Gasteiger partial charge is 0.0543 e. The monoisotopic (exact) mass is 264 g/mol. The number of aromatic nitrogens is 2. The van der Waals surface area contributed by atoms with Gasteiger partial charge < -0.3 is 5.32 Å². The second-order valence-electron chi connectivity index (χ2n) is 6.52. The van der Waals surface area contributed by atoms with Gasteiger partial charge in [-0.1, -0.05) is 6.92 Å². The minimum atomic E-state index is 0.0721. The average Bonchev–Trinajstić information content (AvgIpc) is 2.96. The molecule has 1 unspecified atom stereocenters. The van der Waals surface area contributed by atoms with Crippen LogP contribution in [0, 0.1) is 0 Å². The van der Waals surface area contributed by atoms with Crippen molar-refractivity contribution >= 4 is 0 Å². The molecule has 1 saturated heterocycles. The van der Waals surface area contributed by atoms with Crippen LogP contribution in [0.15, 0.2) is 12.4 Å². The molecule has 2 rings (SSSR count). The zero-order chi connectivity index (χ0) is 13.9. The Morgan fingerprint density at radius 2 is 2.21 bits per heavy atom. The molecule has 19 heavy (non-hydrogen) atoms. The molecule has 0 radical (unpaired) electrons. The lowest BCUT2D eigenvalue weighted by Gasteiger charge is -2.22. The van der Waals surface area contributed by atoms with Gasteiger partial charge >= 0.3 is 0 Å². The van der Waals surface area contributed by atoms with E-state index in [0.717, 1.165) is 19.1 Å². The summed E-state index contributed by atoms with van der Waals surface area (Å²) in [5.74, 6) is 0. The molecule has 0 amide bonds. The number of hydrogen-bond donors (Lipinski definition) is 1. The third-order valence-electron chi connectivity index (χ3n) is 3.94. The van der Waals surface area contributed by atoms with E-state index in [1.807, 2.05) is 10.9 Å². The van der Waals surface area contributed by atoms with Gasteiger partial charge in [0.2, 0.25) is 0 Å². The highest BCUT2D eigenvalue weighted by Crippen LogP contribution is 2.16. The molecule has 4 heteroatoms. The highest BCUT2D eigenvalue weighted by atomic mass is 15.3. The Kier molecular flexibility index (Phi) is 4.63. The van der Waals surface area contributed by atoms with Gasteiger partial charge in [0, 0.05) is 30.9 Å². The number of likely N-dealkylation sites (N-methyl/N-ethyl adjacent to an activating group) is 1. The van der Waals surface area contributed by atoms with E-state index in [1.54, 1.807) is 0 Å². The number of rotatable bonds is 5. The summed E-state index contributed by atoms with van der Waals surface area (Å²) in [5, 5.41) is 8.01. The Balaban J connectivity index is 1.78. The Bertz CT molecular complexity index is 391. The van der Waals surface area contributed by atoms with Gasteiger partial charge in [-0.05, 0) is 46.7 Å². The van der Waals surface area contributed by atoms with Gasteiger partial charge in [-0.2, -0.15) is 5.10 Å². The lowest BCUT2D eigenvalue weighted by molar-refractivity contribution is 0.260. The largest absolute Gasteiger partial charge is 0.311 e. The van der Waals surface area contributed by atoms with E-state index in [1.165, 1.54) is 31.5 Å². The van der Waals surface area contributed by atoms with Crippen LogP contribution in [0.5, 0.6) is 0 Å². The average molecular weight is 264 g/mol. The first-order chi connectivity index (χ1) is 9.00. The van der Waals surface area contributed by atoms with Crippen LogP contribution in [0.25, 0.3) is 0 Å². The van der Waals surface area contributed by atoms with Crippen LogP contribution in [0.2, 0.25) is 0 Å². The number of nitrogens with one attached hydrogen (secondary N) is 1. The van der Waals surface area contributed by atoms with Crippen molar-refractivity contribution in [1.82, 2.24) is 20.0 Å². The van der Waals surface area contributed by atoms with Crippen molar-refractivity contribution in [2.45, 2.75) is 58.7 Å². The summed E-state index contributed by atoms with van der Waals surface area (Å²) < 4.78 is 2.04. The van der Waals surface area contributed by atoms with Crippen molar-refractivity contribution in [2.75, 3.05) is 19.6 Å². The van der Waals surface area contributed by atoms with E-state index >= 15 is 0 Å². The minimum Gasteiger partial charge on any atom is -0.311 e. The summed E-state index contributed by atoms with van der Waals surface area (Å²) in [6, 6.07) is 0.725. The zero-order valence-electron chi connectivity index (χ0n) is 12.8. The molecule has 0 saturated carbocycles. The molecule has 0 aromatic carbocycles. The molecule has 1 aromatic heterocycles. The van der Waals surface area contributed by atoms with Crippen LogP contribution in [-0.4, -0.2) is 40.4 Å². The van der Waals surface area contributed by atoms with E-state index in [2.05, 4.69) is 49.2 Å². The van der Waals surface area contributed by atoms with E-state index in [0.29, 0.717) is 0 Å². The first-order valence-corrected chi connectivity index (χ1v) is 7.49. The summed E-state index contributed by atoms with van der Waals surface area (Å²) in [6.07, 6.45) is 6.81. The quantitative estimate of drug-likeness (QED) is 0.885. The third kappa shape index (κ3) is 3.80. The standard InChI is InChI=1S/C15H28N4/c1-5-18-8-6-7-14(18)11-16-9-13-10-17-19(12-13)15(2,3)4/h10,12,14,16H,5-9,11H2,1-4H3. The predicted octanol–water partition coefficient (Wildman–Crippen LogP) is 2.21. The molecule has 108 valence electrons. The molecule has 1 aliphatic rings. The molecule has 0 aliphatic carbocycles. The number of hydrogen-bond acceptors (Lipinski definition) is 3. The summed E-state index contributed by atoms with van der Waals surface area (Å²) in [6.45, 7) is 13.2. The molecule has 1 fully saturated rings. The molecule has 0 spiro atoms. The van der Waals surface area contributed by atoms with Gasteiger partial charge in [-0.15, -0.1) is 0 Å². The fourth-order valence-electron chi connectivity index (χ4n) is 2.74. The first kappa shape index (κ1) is 14.5. The number of likely N-dealkylation sites (tertiary alicyclic amines) is 1. The van der Waals surface area contributed by atoms with Crippen molar-refractivity contribution in [2.24, 2.45) is 0 Å². The van der Waals surface area contributed by atoms with Gasteiger partial charge in [0.1, 0.15) is 0 Å².